The van der Waals surface area contributed by atoms with E-state index in [1.54, 1.807) is 12.1 Å². The van der Waals surface area contributed by atoms with E-state index in [1.807, 2.05) is 6.07 Å². The standard InChI is InChI=1S/C12H16BrN2O.BF4/c1-2-3-4-5-6-16-12-8-10(13)7-11(9-12)15-14;2-1(3,4)5/h7-9H,2-6H2,1H3;/q+1;-1. The molecule has 0 bridgehead atoms. The minimum absolute atomic E-state index is 0.498. The Labute approximate surface area is 129 Å². The lowest BCUT2D eigenvalue weighted by atomic mass is 10.2. The Bertz CT molecular complexity index is 460. The summed E-state index contributed by atoms with van der Waals surface area (Å²) in [7, 11) is -6.00. The van der Waals surface area contributed by atoms with Crippen molar-refractivity contribution in [2.75, 3.05) is 6.61 Å². The van der Waals surface area contributed by atoms with Crippen molar-refractivity contribution in [3.05, 3.63) is 27.6 Å². The number of diazo groups is 1. The summed E-state index contributed by atoms with van der Waals surface area (Å²) in [5.74, 6) is 0.735. The molecule has 1 rings (SSSR count). The molecule has 0 saturated heterocycles. The van der Waals surface area contributed by atoms with Crippen LogP contribution < -0.4 is 4.74 Å². The van der Waals surface area contributed by atoms with Crippen LogP contribution in [0.25, 0.3) is 4.98 Å². The Hall–Kier alpha value is -1.30. The van der Waals surface area contributed by atoms with Gasteiger partial charge < -0.3 is 22.0 Å². The molecule has 21 heavy (non-hydrogen) atoms. The van der Waals surface area contributed by atoms with Crippen LogP contribution in [0.2, 0.25) is 0 Å². The van der Waals surface area contributed by atoms with Gasteiger partial charge in [0.05, 0.1) is 12.7 Å². The summed E-state index contributed by atoms with van der Waals surface area (Å²) < 4.78 is 45.4. The smallest absolute Gasteiger partial charge is 0.493 e. The molecule has 9 heteroatoms. The van der Waals surface area contributed by atoms with Crippen LogP contribution in [0.5, 0.6) is 5.75 Å². The number of nitrogens with zero attached hydrogens (tertiary/aromatic N) is 2. The summed E-state index contributed by atoms with van der Waals surface area (Å²) >= 11 is 3.34. The van der Waals surface area contributed by atoms with Crippen LogP contribution in [0.3, 0.4) is 0 Å². The van der Waals surface area contributed by atoms with Crippen LogP contribution >= 0.6 is 15.9 Å². The van der Waals surface area contributed by atoms with Crippen LogP contribution in [-0.4, -0.2) is 13.9 Å². The molecule has 0 atom stereocenters. The van der Waals surface area contributed by atoms with Crippen LogP contribution in [0.15, 0.2) is 22.7 Å². The van der Waals surface area contributed by atoms with Crippen molar-refractivity contribution in [2.45, 2.75) is 32.6 Å². The van der Waals surface area contributed by atoms with Crippen LogP contribution in [0.4, 0.5) is 23.0 Å². The number of hydrogen-bond acceptors (Lipinski definition) is 2. The van der Waals surface area contributed by atoms with E-state index in [2.05, 4.69) is 27.8 Å². The zero-order valence-electron chi connectivity index (χ0n) is 11.5. The zero-order valence-corrected chi connectivity index (χ0v) is 13.1. The Morgan fingerprint density at radius 3 is 2.29 bits per heavy atom. The second-order valence-electron chi connectivity index (χ2n) is 4.15. The van der Waals surface area contributed by atoms with Gasteiger partial charge in [-0.05, 0) is 12.5 Å². The topological polar surface area (TPSA) is 37.4 Å². The molecule has 0 fully saturated rings. The molecule has 0 radical (unpaired) electrons. The van der Waals surface area contributed by atoms with Crippen molar-refractivity contribution in [3.8, 4) is 5.75 Å². The second kappa shape index (κ2) is 10.4. The predicted molar refractivity (Wildman–Crippen MR) is 78.7 cm³/mol. The van der Waals surface area contributed by atoms with Gasteiger partial charge in [0.25, 0.3) is 0 Å². The molecule has 0 amide bonds. The fraction of sp³-hybridized carbons (Fsp3) is 0.500. The van der Waals surface area contributed by atoms with Gasteiger partial charge in [0, 0.05) is 10.5 Å². The average Bonchev–Trinajstić information content (AvgIpc) is 2.36. The summed E-state index contributed by atoms with van der Waals surface area (Å²) in [4.78, 5) is 3.14. The number of hydrogen-bond donors (Lipinski definition) is 0. The molecule has 0 unspecified atom stereocenters. The second-order valence-corrected chi connectivity index (χ2v) is 5.06. The van der Waals surface area contributed by atoms with Crippen molar-refractivity contribution < 1.29 is 22.0 Å². The van der Waals surface area contributed by atoms with E-state index < -0.39 is 7.25 Å². The van der Waals surface area contributed by atoms with Crippen LogP contribution in [0, 0.1) is 5.39 Å². The largest absolute Gasteiger partial charge is 0.673 e. The van der Waals surface area contributed by atoms with E-state index in [0.717, 1.165) is 16.6 Å². The molecule has 0 heterocycles. The van der Waals surface area contributed by atoms with Crippen molar-refractivity contribution >= 4 is 28.9 Å². The van der Waals surface area contributed by atoms with Crippen molar-refractivity contribution in [1.29, 1.82) is 5.39 Å². The highest BCUT2D eigenvalue weighted by Crippen LogP contribution is 2.26. The molecule has 118 valence electrons. The number of ether oxygens (including phenoxy) is 1. The molecule has 1 aromatic carbocycles. The van der Waals surface area contributed by atoms with E-state index in [-0.39, 0.29) is 0 Å². The fourth-order valence-corrected chi connectivity index (χ4v) is 1.87. The normalized spacial score (nSPS) is 10.3. The Morgan fingerprint density at radius 1 is 1.14 bits per heavy atom. The highest BCUT2D eigenvalue weighted by molar-refractivity contribution is 9.10. The molecule has 3 nitrogen and oxygen atoms in total. The monoisotopic (exact) mass is 370 g/mol. The number of benzene rings is 1. The SMILES string of the molecule is CCCCCCOc1cc(Br)cc([N+]#N)c1.F[B-](F)(F)F. The summed E-state index contributed by atoms with van der Waals surface area (Å²) in [5, 5.41) is 8.68. The van der Waals surface area contributed by atoms with Gasteiger partial charge in [-0.1, -0.05) is 42.1 Å². The highest BCUT2D eigenvalue weighted by atomic mass is 79.9. The molecule has 0 spiro atoms. The third-order valence-corrected chi connectivity index (χ3v) is 2.70. The lowest BCUT2D eigenvalue weighted by Gasteiger charge is -2.04. The molecule has 0 aliphatic heterocycles. The Balaban J connectivity index is 0.000000690. The van der Waals surface area contributed by atoms with Gasteiger partial charge in [0.2, 0.25) is 5.39 Å². The quantitative estimate of drug-likeness (QED) is 0.259. The van der Waals surface area contributed by atoms with Gasteiger partial charge in [-0.3, -0.25) is 0 Å². The third kappa shape index (κ3) is 13.4. The fourth-order valence-electron chi connectivity index (χ4n) is 1.41. The van der Waals surface area contributed by atoms with E-state index in [1.165, 1.54) is 19.3 Å². The molecule has 0 saturated carbocycles. The zero-order chi connectivity index (χ0) is 16.3. The van der Waals surface area contributed by atoms with E-state index in [0.29, 0.717) is 12.3 Å². The maximum absolute atomic E-state index is 9.75. The van der Waals surface area contributed by atoms with E-state index >= 15 is 0 Å². The van der Waals surface area contributed by atoms with Crippen molar-refractivity contribution in [1.82, 2.24) is 0 Å². The molecule has 0 aliphatic rings. The maximum atomic E-state index is 9.75. The number of rotatable bonds is 6. The molecule has 0 aliphatic carbocycles. The minimum Gasteiger partial charge on any atom is -0.493 e. The van der Waals surface area contributed by atoms with Gasteiger partial charge in [-0.25, -0.2) is 0 Å². The lowest BCUT2D eigenvalue weighted by molar-refractivity contribution is 0.305. The van der Waals surface area contributed by atoms with Gasteiger partial charge in [-0.2, -0.15) is 0 Å². The summed E-state index contributed by atoms with van der Waals surface area (Å²) in [6.45, 7) is 2.89. The molecule has 0 aromatic heterocycles. The first kappa shape index (κ1) is 19.7. The van der Waals surface area contributed by atoms with Crippen molar-refractivity contribution in [2.24, 2.45) is 0 Å². The van der Waals surface area contributed by atoms with Crippen LogP contribution in [0.1, 0.15) is 32.6 Å². The highest BCUT2D eigenvalue weighted by Gasteiger charge is 2.20. The Morgan fingerprint density at radius 2 is 1.76 bits per heavy atom. The predicted octanol–water partition coefficient (Wildman–Crippen LogP) is 6.19. The molecule has 0 N–H and O–H groups in total. The summed E-state index contributed by atoms with van der Waals surface area (Å²) in [6.07, 6.45) is 4.73. The Kier molecular flexibility index (Phi) is 9.79. The van der Waals surface area contributed by atoms with Gasteiger partial charge in [-0.15, -0.1) is 0 Å². The first-order chi connectivity index (χ1) is 9.76. The summed E-state index contributed by atoms with van der Waals surface area (Å²) in [5.41, 5.74) is 0.498. The minimum atomic E-state index is -6.00. The molecular formula is C12H16BBrF4N2O. The lowest BCUT2D eigenvalue weighted by Crippen LogP contribution is -2.02. The number of unbranched alkanes of at least 4 members (excludes halogenated alkanes) is 3. The molecule has 1 aromatic rings. The van der Waals surface area contributed by atoms with E-state index in [4.69, 9.17) is 10.1 Å². The van der Waals surface area contributed by atoms with Gasteiger partial charge >= 0.3 is 12.9 Å². The van der Waals surface area contributed by atoms with Gasteiger partial charge in [0.15, 0.2) is 4.98 Å². The van der Waals surface area contributed by atoms with E-state index in [9.17, 15) is 17.3 Å². The summed E-state index contributed by atoms with van der Waals surface area (Å²) in [6, 6.07) is 5.31. The van der Waals surface area contributed by atoms with Crippen LogP contribution in [-0.2, 0) is 0 Å². The first-order valence-corrected chi connectivity index (χ1v) is 7.21. The first-order valence-electron chi connectivity index (χ1n) is 6.42. The number of halogens is 5. The average molecular weight is 371 g/mol. The van der Waals surface area contributed by atoms with Gasteiger partial charge in [0.1, 0.15) is 5.75 Å². The maximum Gasteiger partial charge on any atom is 0.673 e. The van der Waals surface area contributed by atoms with Crippen molar-refractivity contribution in [3.63, 3.8) is 0 Å². The molecular weight excluding hydrogens is 355 g/mol. The third-order valence-electron chi connectivity index (χ3n) is 2.24.